The first-order valence-electron chi connectivity index (χ1n) is 30.8. The summed E-state index contributed by atoms with van der Waals surface area (Å²) in [4.78, 5) is 64.4. The molecule has 0 aromatic heterocycles. The summed E-state index contributed by atoms with van der Waals surface area (Å²) in [6.45, 7) is 27.7. The number of nitrogens with two attached hydrogens (primary N) is 4. The van der Waals surface area contributed by atoms with E-state index in [0.717, 1.165) is 65.9 Å². The average molecular weight is 1220 g/mol. The van der Waals surface area contributed by atoms with Crippen LogP contribution in [-0.4, -0.2) is 66.5 Å². The molecule has 14 N–H and O–H groups in total. The fourth-order valence-electron chi connectivity index (χ4n) is 9.04. The van der Waals surface area contributed by atoms with Crippen molar-refractivity contribution in [3.8, 4) is 0 Å². The van der Waals surface area contributed by atoms with Gasteiger partial charge in [0.2, 0.25) is 0 Å². The first kappa shape index (κ1) is 80.1. The van der Waals surface area contributed by atoms with Crippen molar-refractivity contribution in [2.75, 3.05) is 22.9 Å². The number of hydrogen-bond acceptors (Lipinski definition) is 10. The van der Waals surface area contributed by atoms with Crippen molar-refractivity contribution in [2.24, 2.45) is 76.9 Å². The van der Waals surface area contributed by atoms with Gasteiger partial charge in [0.25, 0.3) is 0 Å². The zero-order valence-corrected chi connectivity index (χ0v) is 54.9. The molecule has 0 fully saturated rings. The van der Waals surface area contributed by atoms with Crippen LogP contribution in [0.1, 0.15) is 150 Å². The number of carbonyl (C=O) groups is 6. The molecule has 16 nitrogen and oxygen atoms in total. The van der Waals surface area contributed by atoms with E-state index in [1.165, 1.54) is 11.1 Å². The van der Waals surface area contributed by atoms with Crippen LogP contribution in [0.4, 0.5) is 22.7 Å². The molecule has 7 atom stereocenters. The van der Waals surface area contributed by atoms with E-state index in [1.807, 2.05) is 157 Å². The fourth-order valence-corrected chi connectivity index (χ4v) is 9.04. The monoisotopic (exact) mass is 1220 g/mol. The molecule has 88 heavy (non-hydrogen) atoms. The van der Waals surface area contributed by atoms with Gasteiger partial charge in [-0.05, 0) is 175 Å². The molecule has 0 spiro atoms. The highest BCUT2D eigenvalue weighted by molar-refractivity contribution is 5.72. The molecule has 0 aliphatic heterocycles. The highest BCUT2D eigenvalue weighted by Gasteiger charge is 2.24. The Bertz CT molecular complexity index is 2750. The molecule has 0 radical (unpaired) electrons. The summed E-state index contributed by atoms with van der Waals surface area (Å²) in [5, 5.41) is 53.0. The predicted octanol–water partition coefficient (Wildman–Crippen LogP) is 14.8. The van der Waals surface area contributed by atoms with Gasteiger partial charge >= 0.3 is 35.8 Å². The minimum Gasteiger partial charge on any atom is -0.481 e. The van der Waals surface area contributed by atoms with Crippen LogP contribution in [-0.2, 0) is 60.9 Å². The van der Waals surface area contributed by atoms with Crippen molar-refractivity contribution in [1.82, 2.24) is 0 Å². The second-order valence-corrected chi connectivity index (χ2v) is 25.2. The van der Waals surface area contributed by atoms with Crippen LogP contribution >= 0.6 is 0 Å². The lowest BCUT2D eigenvalue weighted by Crippen LogP contribution is -2.22. The Labute approximate surface area is 525 Å². The third-order valence-corrected chi connectivity index (χ3v) is 15.9. The molecular weight excluding hydrogens is 1110 g/mol. The van der Waals surface area contributed by atoms with Gasteiger partial charge in [-0.3, -0.25) is 28.8 Å². The number of aliphatic carboxylic acids is 6. The third kappa shape index (κ3) is 36.3. The van der Waals surface area contributed by atoms with Gasteiger partial charge in [0.1, 0.15) is 0 Å². The van der Waals surface area contributed by atoms with Crippen LogP contribution in [0.3, 0.4) is 0 Å². The van der Waals surface area contributed by atoms with Crippen molar-refractivity contribution in [1.29, 1.82) is 0 Å². The third-order valence-electron chi connectivity index (χ3n) is 15.9. The minimum absolute atomic E-state index is 0.139. The van der Waals surface area contributed by atoms with Crippen LogP contribution in [0.2, 0.25) is 0 Å². The molecule has 1 unspecified atom stereocenters. The largest absolute Gasteiger partial charge is 0.481 e. The topological polar surface area (TPSA) is 328 Å². The van der Waals surface area contributed by atoms with Crippen molar-refractivity contribution in [3.05, 3.63) is 155 Å². The van der Waals surface area contributed by atoms with Gasteiger partial charge in [0, 0.05) is 35.6 Å². The second-order valence-electron chi connectivity index (χ2n) is 25.2. The molecular formula is C72H108N4O12. The van der Waals surface area contributed by atoms with Crippen LogP contribution in [0.15, 0.2) is 127 Å². The maximum absolute atomic E-state index is 11.0. The maximum atomic E-state index is 11.0. The van der Waals surface area contributed by atoms with E-state index >= 15 is 0 Å². The van der Waals surface area contributed by atoms with Crippen LogP contribution in [0.5, 0.6) is 0 Å². The number of rotatable bonds is 27. The number of carboxylic acids is 6. The minimum atomic E-state index is -0.734. The average Bonchev–Trinajstić information content (AvgIpc) is 3.66. The Hall–Kier alpha value is -7.88. The first-order valence-corrected chi connectivity index (χ1v) is 30.8. The molecule has 5 aromatic carbocycles. The van der Waals surface area contributed by atoms with Gasteiger partial charge < -0.3 is 53.6 Å². The van der Waals surface area contributed by atoms with E-state index in [1.54, 1.807) is 26.0 Å². The maximum Gasteiger partial charge on any atom is 0.307 e. The van der Waals surface area contributed by atoms with E-state index in [4.69, 9.17) is 53.6 Å². The van der Waals surface area contributed by atoms with Crippen LogP contribution < -0.4 is 22.9 Å². The number of anilines is 4. The van der Waals surface area contributed by atoms with Gasteiger partial charge in [-0.1, -0.05) is 176 Å². The molecule has 0 saturated carbocycles. The van der Waals surface area contributed by atoms with Gasteiger partial charge in [-0.25, -0.2) is 0 Å². The van der Waals surface area contributed by atoms with E-state index < -0.39 is 35.8 Å². The highest BCUT2D eigenvalue weighted by Crippen LogP contribution is 2.27. The molecule has 0 heterocycles. The quantitative estimate of drug-likeness (QED) is 0.0218. The standard InChI is InChI=1S/C15H23NO2.C14H21NO2.C13H19NO2.C12H17NO2.C12H16O2.C6H12O2/c1-10(2)13(8-11(3)15(17)18)9-12-4-6-14(16)7-5-12;1-10(2)12(5-8-14(16)17)9-11-3-6-13(15)7-4-11;1-9(2)11(8-13(15)16)7-10-3-5-12(14)6-4-10;1-8(2)11(12(14)15)7-9-3-5-10(13)6-4-9;1-9(2)11(12(13)14)8-10-6-4-3-5-7-10;1-4(2)5(3)6(7)8/h4-7,10-11,13H,8-9,16H2,1-3H3,(H,17,18);3-4,6-7,10,12H,5,8-9,15H2,1-2H3,(H,16,17);3-6,9,11H,7-8,14H2,1-2H3,(H,15,16);3-6,8,11H,7,13H2,1-2H3,(H,14,15);3-7,9,11H,8H2,1-2H3,(H,13,14);4-5H,1-3H3,(H,7,8)/t11?,13-;12-;3*11-;5-/m110111/s1. The summed E-state index contributed by atoms with van der Waals surface area (Å²) in [7, 11) is 0. The van der Waals surface area contributed by atoms with Gasteiger partial charge in [0.05, 0.1) is 23.7 Å². The lowest BCUT2D eigenvalue weighted by molar-refractivity contribution is -0.144. The van der Waals surface area contributed by atoms with Crippen LogP contribution in [0, 0.1) is 76.9 Å². The Morgan fingerprint density at radius 3 is 0.886 bits per heavy atom. The number of nitrogen functional groups attached to an aromatic ring is 4. The lowest BCUT2D eigenvalue weighted by Gasteiger charge is -2.23. The molecule has 488 valence electrons. The Morgan fingerprint density at radius 2 is 0.636 bits per heavy atom. The molecule has 0 aliphatic rings. The summed E-state index contributed by atoms with van der Waals surface area (Å²) in [6, 6.07) is 40.4. The Kier molecular flexibility index (Phi) is 39.0. The zero-order valence-electron chi connectivity index (χ0n) is 54.9. The molecule has 0 saturated heterocycles. The number of carboxylic acid groups (broad SMARTS) is 6. The second kappa shape index (κ2) is 42.9. The highest BCUT2D eigenvalue weighted by atomic mass is 16.4. The van der Waals surface area contributed by atoms with Crippen molar-refractivity contribution in [2.45, 2.75) is 155 Å². The summed E-state index contributed by atoms with van der Waals surface area (Å²) in [5.74, 6) is -2.53. The first-order chi connectivity index (χ1) is 41.0. The smallest absolute Gasteiger partial charge is 0.307 e. The number of benzene rings is 5. The van der Waals surface area contributed by atoms with Crippen molar-refractivity contribution in [3.63, 3.8) is 0 Å². The Balaban J connectivity index is 0.00000104. The molecule has 16 heteroatoms. The lowest BCUT2D eigenvalue weighted by atomic mass is 9.82. The van der Waals surface area contributed by atoms with E-state index in [9.17, 15) is 28.8 Å². The van der Waals surface area contributed by atoms with Gasteiger partial charge in [-0.15, -0.1) is 0 Å². The van der Waals surface area contributed by atoms with Gasteiger partial charge in [0.15, 0.2) is 0 Å². The van der Waals surface area contributed by atoms with E-state index in [-0.39, 0.29) is 60.2 Å². The van der Waals surface area contributed by atoms with E-state index in [2.05, 4.69) is 41.5 Å². The van der Waals surface area contributed by atoms with E-state index in [0.29, 0.717) is 48.1 Å². The summed E-state index contributed by atoms with van der Waals surface area (Å²) in [5.41, 5.74) is 31.1. The molecule has 0 amide bonds. The fraction of sp³-hybridized carbons (Fsp3) is 0.500. The predicted molar refractivity (Wildman–Crippen MR) is 357 cm³/mol. The molecule has 0 bridgehead atoms. The normalized spacial score (nSPS) is 13.2. The molecule has 5 rings (SSSR count). The van der Waals surface area contributed by atoms with Gasteiger partial charge in [-0.2, -0.15) is 0 Å². The van der Waals surface area contributed by atoms with Crippen LogP contribution in [0.25, 0.3) is 0 Å². The molecule has 5 aromatic rings. The molecule has 0 aliphatic carbocycles. The summed E-state index contributed by atoms with van der Waals surface area (Å²) >= 11 is 0. The SMILES string of the molecule is CC(C)[C@@H](C)C(=O)O.CC(C)[C@@H](Cc1ccc(N)cc1)C(=O)O.CC(C)[C@@H](Cc1ccccc1)C(=O)O.CC(C)[C@H](CC(=O)O)Cc1ccc(N)cc1.CC(C)[C@H](CCC(=O)O)Cc1ccc(N)cc1.CC(C[C@H](Cc1ccc(N)cc1)C(C)C)C(=O)O. The van der Waals surface area contributed by atoms with Crippen molar-refractivity contribution >= 4 is 58.6 Å². The Morgan fingerprint density at radius 1 is 0.330 bits per heavy atom. The summed E-state index contributed by atoms with van der Waals surface area (Å²) in [6.07, 6.45) is 5.74. The zero-order chi connectivity index (χ0) is 67.4. The number of hydrogen-bond donors (Lipinski definition) is 10. The van der Waals surface area contributed by atoms with Crippen molar-refractivity contribution < 1.29 is 59.4 Å². The summed E-state index contributed by atoms with van der Waals surface area (Å²) < 4.78 is 0.